The fraction of sp³-hybridized carbons (Fsp3) is 0.435. The summed E-state index contributed by atoms with van der Waals surface area (Å²) in [5.74, 6) is 0.801. The highest BCUT2D eigenvalue weighted by Gasteiger charge is 2.29. The third-order valence-electron chi connectivity index (χ3n) is 5.55. The Morgan fingerprint density at radius 3 is 2.62 bits per heavy atom. The molecule has 0 saturated heterocycles. The Bertz CT molecular complexity index is 769. The minimum atomic E-state index is -0.738. The summed E-state index contributed by atoms with van der Waals surface area (Å²) in [5.41, 5.74) is 5.60. The second-order valence-electron chi connectivity index (χ2n) is 7.23. The SMILES string of the molecule is CCCCC(CC)Cc1ccc2c(c1)C(COC(=O)Cl)c1ccccc1-2. The molecule has 2 aromatic carbocycles. The van der Waals surface area contributed by atoms with Crippen LogP contribution in [-0.4, -0.2) is 12.0 Å². The van der Waals surface area contributed by atoms with E-state index in [2.05, 4.69) is 50.2 Å². The molecule has 0 spiro atoms. The van der Waals surface area contributed by atoms with Crippen molar-refractivity contribution in [1.29, 1.82) is 0 Å². The average Bonchev–Trinajstić information content (AvgIpc) is 2.96. The molecule has 2 atom stereocenters. The maximum absolute atomic E-state index is 11.1. The summed E-state index contributed by atoms with van der Waals surface area (Å²) in [7, 11) is 0. The van der Waals surface area contributed by atoms with Gasteiger partial charge in [0.25, 0.3) is 0 Å². The highest BCUT2D eigenvalue weighted by molar-refractivity contribution is 6.61. The van der Waals surface area contributed by atoms with Crippen molar-refractivity contribution in [2.75, 3.05) is 6.61 Å². The molecule has 2 aromatic rings. The first-order chi connectivity index (χ1) is 12.6. The lowest BCUT2D eigenvalue weighted by molar-refractivity contribution is 0.170. The molecule has 0 aliphatic heterocycles. The molecule has 0 N–H and O–H groups in total. The monoisotopic (exact) mass is 370 g/mol. The Kier molecular flexibility index (Phi) is 6.37. The highest BCUT2D eigenvalue weighted by atomic mass is 35.5. The quantitative estimate of drug-likeness (QED) is 0.470. The van der Waals surface area contributed by atoms with Crippen molar-refractivity contribution in [1.82, 2.24) is 0 Å². The zero-order chi connectivity index (χ0) is 18.5. The van der Waals surface area contributed by atoms with E-state index in [1.165, 1.54) is 53.5 Å². The Morgan fingerprint density at radius 1 is 1.12 bits per heavy atom. The number of benzene rings is 2. The maximum atomic E-state index is 11.1. The number of ether oxygens (including phenoxy) is 1. The molecule has 0 radical (unpaired) electrons. The maximum Gasteiger partial charge on any atom is 0.403 e. The largest absolute Gasteiger partial charge is 0.453 e. The summed E-state index contributed by atoms with van der Waals surface area (Å²) >= 11 is 5.42. The van der Waals surface area contributed by atoms with Crippen molar-refractivity contribution in [2.24, 2.45) is 5.92 Å². The standard InChI is InChI=1S/C23H27ClO2/c1-3-5-8-16(4-2)13-17-11-12-20-18-9-6-7-10-19(18)22(21(20)14-17)15-26-23(24)25/h6-7,9-12,14,16,22H,3-5,8,13,15H2,1-2H3. The molecular weight excluding hydrogens is 344 g/mol. The molecule has 0 amide bonds. The van der Waals surface area contributed by atoms with Crippen molar-refractivity contribution in [3.63, 3.8) is 0 Å². The van der Waals surface area contributed by atoms with E-state index in [0.717, 1.165) is 12.3 Å². The lowest BCUT2D eigenvalue weighted by Crippen LogP contribution is -2.09. The Labute approximate surface area is 161 Å². The summed E-state index contributed by atoms with van der Waals surface area (Å²) in [6.45, 7) is 4.83. The van der Waals surface area contributed by atoms with Gasteiger partial charge in [-0.3, -0.25) is 0 Å². The predicted molar refractivity (Wildman–Crippen MR) is 108 cm³/mol. The van der Waals surface area contributed by atoms with Gasteiger partial charge >= 0.3 is 5.43 Å². The zero-order valence-corrected chi connectivity index (χ0v) is 16.4. The minimum absolute atomic E-state index is 0.0690. The summed E-state index contributed by atoms with van der Waals surface area (Å²) in [6, 6.07) is 15.2. The van der Waals surface area contributed by atoms with Gasteiger partial charge in [0.05, 0.1) is 0 Å². The second-order valence-corrected chi connectivity index (χ2v) is 7.54. The third-order valence-corrected chi connectivity index (χ3v) is 5.66. The molecule has 1 aliphatic rings. The fourth-order valence-corrected chi connectivity index (χ4v) is 4.15. The first kappa shape index (κ1) is 19.0. The number of fused-ring (bicyclic) bond motifs is 3. The topological polar surface area (TPSA) is 26.3 Å². The van der Waals surface area contributed by atoms with Gasteiger partial charge in [0.15, 0.2) is 0 Å². The smallest absolute Gasteiger partial charge is 0.403 e. The normalized spacial score (nSPS) is 16.0. The van der Waals surface area contributed by atoms with Gasteiger partial charge in [-0.2, -0.15) is 0 Å². The molecule has 2 nitrogen and oxygen atoms in total. The van der Waals surface area contributed by atoms with Crippen LogP contribution in [0.3, 0.4) is 0 Å². The lowest BCUT2D eigenvalue weighted by Gasteiger charge is -2.17. The molecule has 26 heavy (non-hydrogen) atoms. The molecule has 3 heteroatoms. The van der Waals surface area contributed by atoms with E-state index in [1.54, 1.807) is 0 Å². The molecular formula is C23H27ClO2. The van der Waals surface area contributed by atoms with Crippen LogP contribution in [-0.2, 0) is 11.2 Å². The lowest BCUT2D eigenvalue weighted by atomic mass is 9.89. The van der Waals surface area contributed by atoms with Crippen LogP contribution in [0.25, 0.3) is 11.1 Å². The van der Waals surface area contributed by atoms with E-state index in [0.29, 0.717) is 6.61 Å². The number of hydrogen-bond donors (Lipinski definition) is 0. The predicted octanol–water partition coefficient (Wildman–Crippen LogP) is 6.93. The number of unbranched alkanes of at least 4 members (excludes halogenated alkanes) is 1. The molecule has 0 aromatic heterocycles. The first-order valence-corrected chi connectivity index (χ1v) is 10.1. The van der Waals surface area contributed by atoms with E-state index >= 15 is 0 Å². The van der Waals surface area contributed by atoms with Crippen LogP contribution < -0.4 is 0 Å². The molecule has 2 unspecified atom stereocenters. The van der Waals surface area contributed by atoms with Crippen LogP contribution in [0.1, 0.15) is 62.1 Å². The van der Waals surface area contributed by atoms with Crippen LogP contribution in [0.4, 0.5) is 4.79 Å². The average molecular weight is 371 g/mol. The van der Waals surface area contributed by atoms with Crippen LogP contribution >= 0.6 is 11.6 Å². The van der Waals surface area contributed by atoms with E-state index in [-0.39, 0.29) is 5.92 Å². The van der Waals surface area contributed by atoms with E-state index < -0.39 is 5.43 Å². The van der Waals surface area contributed by atoms with Gasteiger partial charge in [-0.05, 0) is 40.2 Å². The highest BCUT2D eigenvalue weighted by Crippen LogP contribution is 2.45. The summed E-state index contributed by atoms with van der Waals surface area (Å²) < 4.78 is 5.16. The summed E-state index contributed by atoms with van der Waals surface area (Å²) in [6.07, 6.45) is 6.16. The molecule has 0 saturated carbocycles. The van der Waals surface area contributed by atoms with Gasteiger partial charge in [0, 0.05) is 17.5 Å². The third kappa shape index (κ3) is 4.12. The number of hydrogen-bond acceptors (Lipinski definition) is 2. The van der Waals surface area contributed by atoms with Crippen molar-refractivity contribution in [2.45, 2.75) is 51.9 Å². The van der Waals surface area contributed by atoms with Crippen molar-refractivity contribution >= 4 is 17.0 Å². The van der Waals surface area contributed by atoms with Gasteiger partial charge < -0.3 is 4.74 Å². The number of carbonyl (C=O) groups excluding carboxylic acids is 1. The molecule has 0 fully saturated rings. The van der Waals surface area contributed by atoms with Crippen molar-refractivity contribution in [3.05, 3.63) is 59.2 Å². The van der Waals surface area contributed by atoms with E-state index in [9.17, 15) is 4.79 Å². The minimum Gasteiger partial charge on any atom is -0.453 e. The van der Waals surface area contributed by atoms with Gasteiger partial charge in [0.1, 0.15) is 6.61 Å². The Hall–Kier alpha value is -1.80. The molecule has 138 valence electrons. The Morgan fingerprint density at radius 2 is 1.88 bits per heavy atom. The van der Waals surface area contributed by atoms with Crippen LogP contribution in [0.2, 0.25) is 0 Å². The van der Waals surface area contributed by atoms with Gasteiger partial charge in [0.2, 0.25) is 0 Å². The number of halogens is 1. The van der Waals surface area contributed by atoms with E-state index in [4.69, 9.17) is 16.3 Å². The summed E-state index contributed by atoms with van der Waals surface area (Å²) in [5, 5.41) is 0. The van der Waals surface area contributed by atoms with Gasteiger partial charge in [-0.1, -0.05) is 82.0 Å². The van der Waals surface area contributed by atoms with Gasteiger partial charge in [-0.15, -0.1) is 0 Å². The van der Waals surface area contributed by atoms with Crippen LogP contribution in [0, 0.1) is 5.92 Å². The number of carbonyl (C=O) groups is 1. The number of rotatable bonds is 8. The van der Waals surface area contributed by atoms with Crippen LogP contribution in [0.5, 0.6) is 0 Å². The van der Waals surface area contributed by atoms with Gasteiger partial charge in [-0.25, -0.2) is 4.79 Å². The zero-order valence-electron chi connectivity index (χ0n) is 15.6. The van der Waals surface area contributed by atoms with E-state index in [1.807, 2.05) is 6.07 Å². The molecule has 0 bridgehead atoms. The second kappa shape index (κ2) is 8.73. The fourth-order valence-electron chi connectivity index (χ4n) is 4.09. The van der Waals surface area contributed by atoms with Crippen molar-refractivity contribution < 1.29 is 9.53 Å². The van der Waals surface area contributed by atoms with Crippen LogP contribution in [0.15, 0.2) is 42.5 Å². The first-order valence-electron chi connectivity index (χ1n) is 9.68. The molecule has 0 heterocycles. The van der Waals surface area contributed by atoms with Crippen molar-refractivity contribution in [3.8, 4) is 11.1 Å². The molecule has 1 aliphatic carbocycles. The molecule has 3 rings (SSSR count). The Balaban J connectivity index is 1.88. The summed E-state index contributed by atoms with van der Waals surface area (Å²) in [4.78, 5) is 11.1.